The zero-order valence-electron chi connectivity index (χ0n) is 12.6. The van der Waals surface area contributed by atoms with Gasteiger partial charge < -0.3 is 15.5 Å². The number of aromatic nitrogens is 1. The molecule has 2 rings (SSSR count). The number of nitrogens with one attached hydrogen (secondary N) is 2. The Kier molecular flexibility index (Phi) is 4.60. The van der Waals surface area contributed by atoms with Gasteiger partial charge in [0.05, 0.1) is 5.56 Å². The minimum atomic E-state index is -0.0208. The number of hydrogen-bond acceptors (Lipinski definition) is 4. The third kappa shape index (κ3) is 3.70. The summed E-state index contributed by atoms with van der Waals surface area (Å²) in [5.41, 5.74) is 0.893. The summed E-state index contributed by atoms with van der Waals surface area (Å²) in [7, 11) is 3.48. The van der Waals surface area contributed by atoms with E-state index in [9.17, 15) is 4.79 Å². The van der Waals surface area contributed by atoms with Crippen molar-refractivity contribution in [3.8, 4) is 0 Å². The van der Waals surface area contributed by atoms with Gasteiger partial charge in [-0.3, -0.25) is 4.79 Å². The highest BCUT2D eigenvalue weighted by molar-refractivity contribution is 5.93. The fourth-order valence-electron chi connectivity index (χ4n) is 2.46. The van der Waals surface area contributed by atoms with E-state index >= 15 is 0 Å². The van der Waals surface area contributed by atoms with E-state index in [0.717, 1.165) is 25.5 Å². The van der Waals surface area contributed by atoms with Gasteiger partial charge in [-0.1, -0.05) is 6.92 Å². The van der Waals surface area contributed by atoms with E-state index in [-0.39, 0.29) is 11.3 Å². The first-order valence-corrected chi connectivity index (χ1v) is 7.12. The molecule has 1 unspecified atom stereocenters. The molecule has 0 radical (unpaired) electrons. The second kappa shape index (κ2) is 6.22. The fourth-order valence-corrected chi connectivity index (χ4v) is 2.46. The summed E-state index contributed by atoms with van der Waals surface area (Å²) in [6.07, 6.45) is 4.08. The molecule has 0 aliphatic carbocycles. The Bertz CT molecular complexity index is 449. The predicted octanol–water partition coefficient (Wildman–Crippen LogP) is 1.58. The minimum Gasteiger partial charge on any atom is -0.369 e. The normalized spacial score (nSPS) is 22.4. The Balaban J connectivity index is 1.92. The van der Waals surface area contributed by atoms with E-state index in [4.69, 9.17) is 0 Å². The summed E-state index contributed by atoms with van der Waals surface area (Å²) in [6, 6.07) is 3.69. The van der Waals surface area contributed by atoms with Crippen LogP contribution in [0.4, 0.5) is 5.82 Å². The lowest BCUT2D eigenvalue weighted by Crippen LogP contribution is -2.42. The van der Waals surface area contributed by atoms with Crippen molar-refractivity contribution in [1.29, 1.82) is 0 Å². The lowest BCUT2D eigenvalue weighted by Gasteiger charge is -2.34. The molecule has 5 heteroatoms. The Labute approximate surface area is 120 Å². The van der Waals surface area contributed by atoms with Crippen LogP contribution in [-0.4, -0.2) is 49.5 Å². The smallest absolute Gasteiger partial charge is 0.254 e. The quantitative estimate of drug-likeness (QED) is 0.877. The van der Waals surface area contributed by atoms with Crippen molar-refractivity contribution in [2.75, 3.05) is 39.0 Å². The topological polar surface area (TPSA) is 57.3 Å². The van der Waals surface area contributed by atoms with E-state index in [2.05, 4.69) is 22.5 Å². The van der Waals surface area contributed by atoms with Crippen LogP contribution in [0.1, 0.15) is 30.1 Å². The van der Waals surface area contributed by atoms with Gasteiger partial charge in [0.1, 0.15) is 5.82 Å². The Morgan fingerprint density at radius 3 is 2.85 bits per heavy atom. The van der Waals surface area contributed by atoms with Gasteiger partial charge in [-0.05, 0) is 36.9 Å². The molecule has 20 heavy (non-hydrogen) atoms. The second-order valence-corrected chi connectivity index (χ2v) is 6.08. The third-order valence-electron chi connectivity index (χ3n) is 3.80. The number of carbonyl (C=O) groups is 1. The van der Waals surface area contributed by atoms with Gasteiger partial charge in [0.15, 0.2) is 0 Å². The molecule has 1 aromatic rings. The van der Waals surface area contributed by atoms with E-state index in [1.165, 1.54) is 12.8 Å². The number of carbonyl (C=O) groups excluding carboxylic acids is 1. The minimum absolute atomic E-state index is 0.0208. The van der Waals surface area contributed by atoms with Crippen molar-refractivity contribution in [3.63, 3.8) is 0 Å². The number of anilines is 1. The highest BCUT2D eigenvalue weighted by Gasteiger charge is 2.26. The summed E-state index contributed by atoms with van der Waals surface area (Å²) in [4.78, 5) is 17.6. The highest BCUT2D eigenvalue weighted by Crippen LogP contribution is 2.25. The predicted molar refractivity (Wildman–Crippen MR) is 81.0 cm³/mol. The van der Waals surface area contributed by atoms with Crippen LogP contribution in [0.15, 0.2) is 18.3 Å². The number of nitrogens with zero attached hydrogens (tertiary/aromatic N) is 2. The molecule has 2 heterocycles. The number of hydrogen-bond donors (Lipinski definition) is 2. The lowest BCUT2D eigenvalue weighted by atomic mass is 9.83. The summed E-state index contributed by atoms with van der Waals surface area (Å²) in [5.74, 6) is 0.805. The molecule has 0 bridgehead atoms. The van der Waals surface area contributed by atoms with Crippen molar-refractivity contribution in [2.24, 2.45) is 5.41 Å². The molecule has 0 spiro atoms. The summed E-state index contributed by atoms with van der Waals surface area (Å²) >= 11 is 0. The summed E-state index contributed by atoms with van der Waals surface area (Å²) in [5, 5.41) is 6.81. The van der Waals surface area contributed by atoms with Crippen molar-refractivity contribution < 1.29 is 4.79 Å². The van der Waals surface area contributed by atoms with Crippen LogP contribution in [0, 0.1) is 5.41 Å². The first kappa shape index (κ1) is 14.8. The van der Waals surface area contributed by atoms with Gasteiger partial charge >= 0.3 is 0 Å². The van der Waals surface area contributed by atoms with E-state index < -0.39 is 0 Å². The van der Waals surface area contributed by atoms with Crippen LogP contribution in [0.5, 0.6) is 0 Å². The molecule has 1 aromatic heterocycles. The van der Waals surface area contributed by atoms with Crippen molar-refractivity contribution in [2.45, 2.75) is 19.8 Å². The number of rotatable bonds is 4. The molecular weight excluding hydrogens is 252 g/mol. The molecule has 1 aliphatic rings. The molecule has 5 nitrogen and oxygen atoms in total. The van der Waals surface area contributed by atoms with Gasteiger partial charge in [-0.25, -0.2) is 4.98 Å². The Hall–Kier alpha value is -1.62. The van der Waals surface area contributed by atoms with Gasteiger partial charge in [0.25, 0.3) is 5.91 Å². The van der Waals surface area contributed by atoms with E-state index in [0.29, 0.717) is 5.56 Å². The molecule has 1 saturated heterocycles. The SMILES string of the molecule is CN(C)C(=O)c1ccc(NCC2(C)CCCNC2)nc1. The second-order valence-electron chi connectivity index (χ2n) is 6.08. The maximum atomic E-state index is 11.8. The van der Waals surface area contributed by atoms with Gasteiger partial charge in [-0.15, -0.1) is 0 Å². The zero-order valence-corrected chi connectivity index (χ0v) is 12.6. The molecule has 0 saturated carbocycles. The third-order valence-corrected chi connectivity index (χ3v) is 3.80. The van der Waals surface area contributed by atoms with Gasteiger partial charge in [-0.2, -0.15) is 0 Å². The Morgan fingerprint density at radius 2 is 2.30 bits per heavy atom. The maximum absolute atomic E-state index is 11.8. The molecule has 1 amide bonds. The summed E-state index contributed by atoms with van der Waals surface area (Å²) < 4.78 is 0. The van der Waals surface area contributed by atoms with Crippen LogP contribution >= 0.6 is 0 Å². The number of pyridine rings is 1. The number of amides is 1. The largest absolute Gasteiger partial charge is 0.369 e. The monoisotopic (exact) mass is 276 g/mol. The van der Waals surface area contributed by atoms with Crippen LogP contribution in [0.25, 0.3) is 0 Å². The number of piperidine rings is 1. The van der Waals surface area contributed by atoms with Crippen molar-refractivity contribution in [1.82, 2.24) is 15.2 Å². The van der Waals surface area contributed by atoms with Crippen LogP contribution in [0.3, 0.4) is 0 Å². The van der Waals surface area contributed by atoms with E-state index in [1.807, 2.05) is 12.1 Å². The first-order chi connectivity index (χ1) is 9.50. The van der Waals surface area contributed by atoms with E-state index in [1.54, 1.807) is 25.2 Å². The lowest BCUT2D eigenvalue weighted by molar-refractivity contribution is 0.0827. The molecule has 1 fully saturated rings. The Morgan fingerprint density at radius 1 is 1.50 bits per heavy atom. The van der Waals surface area contributed by atoms with Crippen LogP contribution in [-0.2, 0) is 0 Å². The van der Waals surface area contributed by atoms with Gasteiger partial charge in [0.2, 0.25) is 0 Å². The summed E-state index contributed by atoms with van der Waals surface area (Å²) in [6.45, 7) is 5.34. The molecule has 1 atom stereocenters. The average Bonchev–Trinajstić information content (AvgIpc) is 2.46. The van der Waals surface area contributed by atoms with Gasteiger partial charge in [0, 0.05) is 33.4 Å². The molecule has 110 valence electrons. The maximum Gasteiger partial charge on any atom is 0.254 e. The standard InChI is InChI=1S/C15H24N4O/c1-15(7-4-8-16-10-15)11-18-13-6-5-12(9-17-13)14(20)19(2)3/h5-6,9,16H,4,7-8,10-11H2,1-3H3,(H,17,18). The molecular formula is C15H24N4O. The molecule has 0 aromatic carbocycles. The molecule has 1 aliphatic heterocycles. The average molecular weight is 276 g/mol. The van der Waals surface area contributed by atoms with Crippen molar-refractivity contribution >= 4 is 11.7 Å². The van der Waals surface area contributed by atoms with Crippen LogP contribution in [0.2, 0.25) is 0 Å². The fraction of sp³-hybridized carbons (Fsp3) is 0.600. The van der Waals surface area contributed by atoms with Crippen LogP contribution < -0.4 is 10.6 Å². The van der Waals surface area contributed by atoms with Crippen molar-refractivity contribution in [3.05, 3.63) is 23.9 Å². The zero-order chi connectivity index (χ0) is 14.6. The molecule has 2 N–H and O–H groups in total. The first-order valence-electron chi connectivity index (χ1n) is 7.12. The highest BCUT2D eigenvalue weighted by atomic mass is 16.2.